The molecule has 2 heterocycles. The zero-order valence-corrected chi connectivity index (χ0v) is 31.6. The van der Waals surface area contributed by atoms with E-state index in [0.717, 1.165) is 27.8 Å². The van der Waals surface area contributed by atoms with Gasteiger partial charge >= 0.3 is 0 Å². The average Bonchev–Trinajstić information content (AvgIpc) is 3.24. The van der Waals surface area contributed by atoms with Crippen molar-refractivity contribution in [2.75, 3.05) is 13.2 Å². The van der Waals surface area contributed by atoms with Crippen molar-refractivity contribution in [3.8, 4) is 0 Å². The maximum absolute atomic E-state index is 10.9. The summed E-state index contributed by atoms with van der Waals surface area (Å²) in [5.41, 5.74) is 5.21. The molecule has 5 aromatic rings. The van der Waals surface area contributed by atoms with Crippen LogP contribution in [0.3, 0.4) is 0 Å². The summed E-state index contributed by atoms with van der Waals surface area (Å²) in [7, 11) is 0. The van der Waals surface area contributed by atoms with Gasteiger partial charge in [0, 0.05) is 12.8 Å². The summed E-state index contributed by atoms with van der Waals surface area (Å²) in [5, 5.41) is 10.9. The molecule has 5 aromatic carbocycles. The average molecular weight is 761 g/mol. The van der Waals surface area contributed by atoms with Crippen LogP contribution in [-0.4, -0.2) is 67.5 Å². The Balaban J connectivity index is 1.12. The first-order valence-electron chi connectivity index (χ1n) is 19.5. The second kappa shape index (κ2) is 21.3. The second-order valence-electron chi connectivity index (χ2n) is 14.2. The minimum absolute atomic E-state index is 0.175. The largest absolute Gasteiger partial charge is 0.374 e. The highest BCUT2D eigenvalue weighted by molar-refractivity contribution is 5.17. The summed E-state index contributed by atoms with van der Waals surface area (Å²) in [6.45, 7) is 2.33. The van der Waals surface area contributed by atoms with Crippen molar-refractivity contribution in [1.82, 2.24) is 0 Å². The number of rotatable bonds is 19. The molecule has 1 N–H and O–H groups in total. The zero-order valence-electron chi connectivity index (χ0n) is 31.6. The summed E-state index contributed by atoms with van der Waals surface area (Å²) in [6.07, 6.45) is -4.39. The van der Waals surface area contributed by atoms with Crippen LogP contribution in [0.5, 0.6) is 0 Å². The first-order chi connectivity index (χ1) is 27.7. The Hall–Kier alpha value is -4.26. The van der Waals surface area contributed by atoms with E-state index < -0.39 is 49.2 Å². The molecule has 0 radical (unpaired) electrons. The lowest BCUT2D eigenvalue weighted by Crippen LogP contribution is -2.57. The number of benzene rings is 5. The van der Waals surface area contributed by atoms with E-state index in [4.69, 9.17) is 37.9 Å². The van der Waals surface area contributed by atoms with E-state index in [2.05, 4.69) is 0 Å². The molecule has 2 aliphatic heterocycles. The van der Waals surface area contributed by atoms with Crippen molar-refractivity contribution in [1.29, 1.82) is 0 Å². The summed E-state index contributed by atoms with van der Waals surface area (Å²) in [4.78, 5) is 0. The molecule has 8 atom stereocenters. The monoisotopic (exact) mass is 760 g/mol. The van der Waals surface area contributed by atoms with E-state index in [9.17, 15) is 5.11 Å². The maximum atomic E-state index is 10.9. The number of ether oxygens (including phenoxy) is 8. The fourth-order valence-corrected chi connectivity index (χ4v) is 7.10. The summed E-state index contributed by atoms with van der Waals surface area (Å²) < 4.78 is 52.2. The van der Waals surface area contributed by atoms with Gasteiger partial charge in [-0.1, -0.05) is 152 Å². The van der Waals surface area contributed by atoms with Crippen molar-refractivity contribution < 1.29 is 43.0 Å². The third kappa shape index (κ3) is 12.1. The molecule has 0 spiro atoms. The van der Waals surface area contributed by atoms with Crippen LogP contribution in [0.15, 0.2) is 152 Å². The molecule has 56 heavy (non-hydrogen) atoms. The van der Waals surface area contributed by atoms with Crippen LogP contribution in [0.1, 0.15) is 40.7 Å². The molecule has 9 nitrogen and oxygen atoms in total. The van der Waals surface area contributed by atoms with E-state index in [-0.39, 0.29) is 19.6 Å². The van der Waals surface area contributed by atoms with Crippen LogP contribution in [0, 0.1) is 0 Å². The van der Waals surface area contributed by atoms with Gasteiger partial charge in [0.15, 0.2) is 12.6 Å². The fraction of sp³-hybridized carbons (Fsp3) is 0.362. The van der Waals surface area contributed by atoms with Crippen molar-refractivity contribution in [2.45, 2.75) is 95.1 Å². The highest BCUT2D eigenvalue weighted by Gasteiger charge is 2.46. The van der Waals surface area contributed by atoms with Gasteiger partial charge in [-0.15, -0.1) is 0 Å². The predicted molar refractivity (Wildman–Crippen MR) is 211 cm³/mol. The lowest BCUT2D eigenvalue weighted by Gasteiger charge is -2.45. The second-order valence-corrected chi connectivity index (χ2v) is 14.2. The number of aliphatic hydroxyl groups is 1. The van der Waals surface area contributed by atoms with Crippen LogP contribution < -0.4 is 0 Å². The number of hydrogen-bond donors (Lipinski definition) is 1. The summed E-state index contributed by atoms with van der Waals surface area (Å²) >= 11 is 0. The molecule has 0 saturated carbocycles. The topological polar surface area (TPSA) is 94.1 Å². The Morgan fingerprint density at radius 1 is 0.429 bits per heavy atom. The molecule has 3 unspecified atom stereocenters. The lowest BCUT2D eigenvalue weighted by atomic mass is 9.98. The van der Waals surface area contributed by atoms with Gasteiger partial charge in [0.05, 0.1) is 58.5 Å². The van der Waals surface area contributed by atoms with E-state index >= 15 is 0 Å². The maximum Gasteiger partial charge on any atom is 0.161 e. The van der Waals surface area contributed by atoms with Crippen molar-refractivity contribution in [3.63, 3.8) is 0 Å². The molecule has 2 saturated heterocycles. The van der Waals surface area contributed by atoms with Gasteiger partial charge in [-0.2, -0.15) is 0 Å². The van der Waals surface area contributed by atoms with Crippen molar-refractivity contribution in [3.05, 3.63) is 179 Å². The molecular weight excluding hydrogens is 709 g/mol. The minimum atomic E-state index is -1.05. The predicted octanol–water partition coefficient (Wildman–Crippen LogP) is 7.78. The quantitative estimate of drug-likeness (QED) is 0.0906. The minimum Gasteiger partial charge on any atom is -0.374 e. The molecule has 0 aliphatic carbocycles. The molecular formula is C47H52O9. The smallest absolute Gasteiger partial charge is 0.161 e. The van der Waals surface area contributed by atoms with Crippen LogP contribution in [-0.2, 0) is 70.9 Å². The van der Waals surface area contributed by atoms with Crippen LogP contribution in [0.25, 0.3) is 0 Å². The molecule has 2 fully saturated rings. The van der Waals surface area contributed by atoms with Gasteiger partial charge in [-0.25, -0.2) is 0 Å². The van der Waals surface area contributed by atoms with Crippen molar-refractivity contribution >= 4 is 0 Å². The molecule has 0 amide bonds. The molecule has 0 bridgehead atoms. The lowest BCUT2D eigenvalue weighted by molar-refractivity contribution is -0.329. The standard InChI is InChI=1S/C47H52O9/c48-44-26-40(51-30-37-20-10-3-11-21-37)47(43(54-44)34-50-29-36-18-8-2-9-19-36)56-45-27-41(52-31-38-22-12-4-13-23-38)46(53-32-39-24-14-5-15-25-39)42(55-45)33-49-28-35-16-6-1-7-17-35/h1-25,40-48H,26-34H2/t40?,41?,42-,43-,44+,45?,46+,47+/m1/s1. The van der Waals surface area contributed by atoms with E-state index in [0.29, 0.717) is 39.5 Å². The normalized spacial score (nSPS) is 25.2. The summed E-state index contributed by atoms with van der Waals surface area (Å²) in [6, 6.07) is 50.2. The Morgan fingerprint density at radius 2 is 0.804 bits per heavy atom. The Morgan fingerprint density at radius 3 is 1.25 bits per heavy atom. The van der Waals surface area contributed by atoms with Gasteiger partial charge in [0.25, 0.3) is 0 Å². The number of hydrogen-bond acceptors (Lipinski definition) is 9. The first-order valence-corrected chi connectivity index (χ1v) is 19.5. The van der Waals surface area contributed by atoms with E-state index in [1.54, 1.807) is 0 Å². The molecule has 2 aliphatic rings. The third-order valence-corrected chi connectivity index (χ3v) is 9.98. The Bertz CT molecular complexity index is 1800. The van der Waals surface area contributed by atoms with Crippen molar-refractivity contribution in [2.24, 2.45) is 0 Å². The first kappa shape index (κ1) is 40.0. The molecule has 7 rings (SSSR count). The van der Waals surface area contributed by atoms with E-state index in [1.165, 1.54) is 0 Å². The summed E-state index contributed by atoms with van der Waals surface area (Å²) in [5.74, 6) is 0. The van der Waals surface area contributed by atoms with E-state index in [1.807, 2.05) is 152 Å². The molecule has 0 aromatic heterocycles. The molecule has 9 heteroatoms. The van der Waals surface area contributed by atoms with Gasteiger partial charge in [0.2, 0.25) is 0 Å². The fourth-order valence-electron chi connectivity index (χ4n) is 7.10. The van der Waals surface area contributed by atoms with Crippen LogP contribution >= 0.6 is 0 Å². The zero-order chi connectivity index (χ0) is 38.2. The number of aliphatic hydroxyl groups excluding tert-OH is 1. The van der Waals surface area contributed by atoms with Gasteiger partial charge in [-0.05, 0) is 27.8 Å². The highest BCUT2D eigenvalue weighted by atomic mass is 16.7. The van der Waals surface area contributed by atoms with Crippen LogP contribution in [0.4, 0.5) is 0 Å². The molecule has 294 valence electrons. The van der Waals surface area contributed by atoms with Gasteiger partial charge in [0.1, 0.15) is 24.4 Å². The van der Waals surface area contributed by atoms with Crippen LogP contribution in [0.2, 0.25) is 0 Å². The SMILES string of the molecule is O[C@@H]1CC(OCc2ccccc2)[C@H](OC2CC(OCc3ccccc3)[C@H](OCc3ccccc3)[C@@H](COCc3ccccc3)O2)[C@@H](COCc2ccccc2)O1. The third-order valence-electron chi connectivity index (χ3n) is 9.98. The van der Waals surface area contributed by atoms with Gasteiger partial charge in [-0.3, -0.25) is 0 Å². The van der Waals surface area contributed by atoms with Gasteiger partial charge < -0.3 is 43.0 Å². The Labute approximate surface area is 330 Å². The highest BCUT2D eigenvalue weighted by Crippen LogP contribution is 2.33. The Kier molecular flexibility index (Phi) is 15.2.